The van der Waals surface area contributed by atoms with E-state index in [-0.39, 0.29) is 39.8 Å². The number of aromatic nitrogens is 1. The van der Waals surface area contributed by atoms with Gasteiger partial charge in [-0.1, -0.05) is 23.7 Å². The molecule has 1 aromatic heterocycles. The van der Waals surface area contributed by atoms with Gasteiger partial charge in [0.05, 0.1) is 11.3 Å². The summed E-state index contributed by atoms with van der Waals surface area (Å²) in [6.07, 6.45) is 1.21. The Balaban J connectivity index is 1.40. The summed E-state index contributed by atoms with van der Waals surface area (Å²) in [7, 11) is -4.20. The Morgan fingerprint density at radius 2 is 1.78 bits per heavy atom. The zero-order chi connectivity index (χ0) is 25.6. The molecule has 2 aliphatic heterocycles. The number of likely N-dealkylation sites (tertiary alicyclic amines) is 1. The number of nitrogens with two attached hydrogens (primary N) is 1. The number of nitrogens with one attached hydrogen (secondary N) is 1. The number of aryl methyl sites for hydroxylation is 1. The number of pyridine rings is 1. The Bertz CT molecular complexity index is 1420. The van der Waals surface area contributed by atoms with Gasteiger partial charge in [-0.3, -0.25) is 4.79 Å². The fourth-order valence-corrected chi connectivity index (χ4v) is 6.08. The molecule has 1 amide bonds. The van der Waals surface area contributed by atoms with E-state index in [9.17, 15) is 17.6 Å². The molecule has 3 N–H and O–H groups in total. The summed E-state index contributed by atoms with van der Waals surface area (Å²) in [6.45, 7) is 4.52. The Hall–Kier alpha value is -3.21. The summed E-state index contributed by atoms with van der Waals surface area (Å²) < 4.78 is 37.4. The number of carbonyl (C=O) groups is 1. The van der Waals surface area contributed by atoms with Gasteiger partial charge in [0, 0.05) is 55.6 Å². The second-order valence-corrected chi connectivity index (χ2v) is 11.2. The minimum Gasteiger partial charge on any atom is -0.371 e. The molecule has 3 aromatic rings. The van der Waals surface area contributed by atoms with E-state index >= 15 is 0 Å². The number of anilines is 3. The molecule has 2 unspecified atom stereocenters. The molecule has 5 rings (SSSR count). The smallest absolute Gasteiger partial charge is 0.257 e. The number of amides is 1. The number of sulfonamides is 1. The van der Waals surface area contributed by atoms with Gasteiger partial charge in [-0.05, 0) is 48.9 Å². The summed E-state index contributed by atoms with van der Waals surface area (Å²) in [5.41, 5.74) is 2.90. The maximum Gasteiger partial charge on any atom is 0.257 e. The molecule has 0 bridgehead atoms. The van der Waals surface area contributed by atoms with E-state index in [4.69, 9.17) is 16.7 Å². The van der Waals surface area contributed by atoms with Gasteiger partial charge in [-0.15, -0.1) is 0 Å². The molecule has 188 valence electrons. The Morgan fingerprint density at radius 1 is 1.11 bits per heavy atom. The van der Waals surface area contributed by atoms with Crippen LogP contribution in [0.2, 0.25) is 5.02 Å². The standard InChI is InChI=1S/C25H25ClFN5O3S/c1-15-3-2-4-19(9-15)30-23-21(10-29-24(22(23)26)36(28,34)35)25(33)32-13-16-11-31(12-17(16)14-32)20-7-5-18(27)6-8-20/h2-10,16-17H,11-14H2,1H3,(H,29,30)(H2,28,34,35). The second-order valence-electron chi connectivity index (χ2n) is 9.32. The fraction of sp³-hybridized carbons (Fsp3) is 0.280. The predicted molar refractivity (Wildman–Crippen MR) is 137 cm³/mol. The van der Waals surface area contributed by atoms with Gasteiger partial charge < -0.3 is 15.1 Å². The van der Waals surface area contributed by atoms with Crippen LogP contribution >= 0.6 is 11.6 Å². The van der Waals surface area contributed by atoms with Crippen molar-refractivity contribution < 1.29 is 17.6 Å². The van der Waals surface area contributed by atoms with Crippen molar-refractivity contribution in [1.82, 2.24) is 9.88 Å². The van der Waals surface area contributed by atoms with E-state index in [1.165, 1.54) is 18.3 Å². The van der Waals surface area contributed by atoms with Crippen LogP contribution in [-0.4, -0.2) is 50.4 Å². The van der Waals surface area contributed by atoms with E-state index in [2.05, 4.69) is 15.2 Å². The number of hydrogen-bond donors (Lipinski definition) is 2. The van der Waals surface area contributed by atoms with Crippen LogP contribution in [0.25, 0.3) is 0 Å². The lowest BCUT2D eigenvalue weighted by Crippen LogP contribution is -2.34. The van der Waals surface area contributed by atoms with E-state index < -0.39 is 15.0 Å². The molecule has 8 nitrogen and oxygen atoms in total. The monoisotopic (exact) mass is 529 g/mol. The van der Waals surface area contributed by atoms with E-state index in [0.29, 0.717) is 18.8 Å². The van der Waals surface area contributed by atoms with Crippen molar-refractivity contribution in [2.45, 2.75) is 11.9 Å². The first kappa shape index (κ1) is 24.5. The van der Waals surface area contributed by atoms with Crippen LogP contribution in [0.15, 0.2) is 59.8 Å². The van der Waals surface area contributed by atoms with Crippen LogP contribution < -0.4 is 15.4 Å². The largest absolute Gasteiger partial charge is 0.371 e. The normalized spacial score (nSPS) is 19.4. The average molecular weight is 530 g/mol. The maximum absolute atomic E-state index is 13.6. The van der Waals surface area contributed by atoms with Gasteiger partial charge in [0.2, 0.25) is 0 Å². The molecule has 2 aromatic carbocycles. The van der Waals surface area contributed by atoms with Crippen LogP contribution in [0.1, 0.15) is 15.9 Å². The highest BCUT2D eigenvalue weighted by Crippen LogP contribution is 2.38. The van der Waals surface area contributed by atoms with Crippen molar-refractivity contribution in [3.8, 4) is 0 Å². The van der Waals surface area contributed by atoms with Crippen LogP contribution in [0.3, 0.4) is 0 Å². The first-order valence-corrected chi connectivity index (χ1v) is 13.4. The van der Waals surface area contributed by atoms with Crippen LogP contribution in [-0.2, 0) is 10.0 Å². The highest BCUT2D eigenvalue weighted by molar-refractivity contribution is 7.89. The highest BCUT2D eigenvalue weighted by atomic mass is 35.5. The molecule has 3 heterocycles. The minimum atomic E-state index is -4.20. The first-order chi connectivity index (χ1) is 17.1. The van der Waals surface area contributed by atoms with Crippen molar-refractivity contribution in [1.29, 1.82) is 0 Å². The van der Waals surface area contributed by atoms with Crippen LogP contribution in [0.4, 0.5) is 21.5 Å². The third-order valence-corrected chi connectivity index (χ3v) is 8.07. The van der Waals surface area contributed by atoms with Gasteiger partial charge in [0.1, 0.15) is 10.8 Å². The third-order valence-electron chi connectivity index (χ3n) is 6.74. The molecule has 0 spiro atoms. The van der Waals surface area contributed by atoms with E-state index in [1.54, 1.807) is 23.1 Å². The lowest BCUT2D eigenvalue weighted by molar-refractivity contribution is 0.0783. The topological polar surface area (TPSA) is 109 Å². The number of rotatable bonds is 5. The van der Waals surface area contributed by atoms with Crippen molar-refractivity contribution in [3.05, 3.63) is 76.7 Å². The summed E-state index contributed by atoms with van der Waals surface area (Å²) in [4.78, 5) is 21.5. The SMILES string of the molecule is Cc1cccc(Nc2c(C(=O)N3CC4CN(c5ccc(F)cc5)CC4C3)cnc(S(N)(=O)=O)c2Cl)c1. The van der Waals surface area contributed by atoms with Gasteiger partial charge in [-0.2, -0.15) is 0 Å². The lowest BCUT2D eigenvalue weighted by Gasteiger charge is -2.24. The number of halogens is 2. The highest BCUT2D eigenvalue weighted by Gasteiger charge is 2.42. The number of primary sulfonamides is 1. The molecule has 0 aliphatic carbocycles. The fourth-order valence-electron chi connectivity index (χ4n) is 5.01. The molecule has 2 aliphatic rings. The lowest BCUT2D eigenvalue weighted by atomic mass is 10.0. The molecule has 2 atom stereocenters. The minimum absolute atomic E-state index is 0.149. The summed E-state index contributed by atoms with van der Waals surface area (Å²) in [6, 6.07) is 13.8. The summed E-state index contributed by atoms with van der Waals surface area (Å²) in [5.74, 6) is -0.0346. The second kappa shape index (κ2) is 9.34. The van der Waals surface area contributed by atoms with Gasteiger partial charge >= 0.3 is 0 Å². The van der Waals surface area contributed by atoms with Gasteiger partial charge in [0.15, 0.2) is 5.03 Å². The molecular weight excluding hydrogens is 505 g/mol. The van der Waals surface area contributed by atoms with Gasteiger partial charge in [0.25, 0.3) is 15.9 Å². The first-order valence-electron chi connectivity index (χ1n) is 11.4. The van der Waals surface area contributed by atoms with E-state index in [0.717, 1.165) is 24.3 Å². The van der Waals surface area contributed by atoms with Crippen molar-refractivity contribution in [2.24, 2.45) is 17.0 Å². The molecule has 0 saturated carbocycles. The number of carbonyl (C=O) groups excluding carboxylic acids is 1. The Morgan fingerprint density at radius 3 is 2.39 bits per heavy atom. The zero-order valence-corrected chi connectivity index (χ0v) is 21.1. The van der Waals surface area contributed by atoms with Gasteiger partial charge in [-0.25, -0.2) is 22.9 Å². The van der Waals surface area contributed by atoms with Crippen molar-refractivity contribution in [2.75, 3.05) is 36.4 Å². The van der Waals surface area contributed by atoms with E-state index in [1.807, 2.05) is 25.1 Å². The van der Waals surface area contributed by atoms with Crippen molar-refractivity contribution >= 4 is 44.6 Å². The molecule has 11 heteroatoms. The maximum atomic E-state index is 13.6. The zero-order valence-electron chi connectivity index (χ0n) is 19.5. The predicted octanol–water partition coefficient (Wildman–Crippen LogP) is 3.78. The quantitative estimate of drug-likeness (QED) is 0.520. The number of benzene rings is 2. The molecule has 2 fully saturated rings. The number of fused-ring (bicyclic) bond motifs is 1. The third kappa shape index (κ3) is 4.76. The molecule has 2 saturated heterocycles. The Kier molecular flexibility index (Phi) is 6.36. The molecule has 36 heavy (non-hydrogen) atoms. The summed E-state index contributed by atoms with van der Waals surface area (Å²) >= 11 is 6.44. The number of hydrogen-bond acceptors (Lipinski definition) is 6. The molecular formula is C25H25ClFN5O3S. The van der Waals surface area contributed by atoms with Crippen LogP contribution in [0, 0.1) is 24.6 Å². The number of nitrogens with zero attached hydrogens (tertiary/aromatic N) is 3. The summed E-state index contributed by atoms with van der Waals surface area (Å²) in [5, 5.41) is 7.68. The van der Waals surface area contributed by atoms with Crippen molar-refractivity contribution in [3.63, 3.8) is 0 Å². The van der Waals surface area contributed by atoms with Crippen LogP contribution in [0.5, 0.6) is 0 Å². The average Bonchev–Trinajstić information content (AvgIpc) is 3.39. The Labute approximate surface area is 213 Å². The molecule has 0 radical (unpaired) electrons.